The van der Waals surface area contributed by atoms with Crippen LogP contribution in [0.1, 0.15) is 27.2 Å². The summed E-state index contributed by atoms with van der Waals surface area (Å²) in [6.45, 7) is 0.0858. The molecule has 0 radical (unpaired) electrons. The Balaban J connectivity index is 1.68. The van der Waals surface area contributed by atoms with Crippen LogP contribution in [0.3, 0.4) is 0 Å². The van der Waals surface area contributed by atoms with Crippen molar-refractivity contribution in [3.63, 3.8) is 0 Å². The minimum Gasteiger partial charge on any atom is -0.348 e. The summed E-state index contributed by atoms with van der Waals surface area (Å²) in [5.74, 6) is -0.250. The first-order valence-corrected chi connectivity index (χ1v) is 13.7. The van der Waals surface area contributed by atoms with Crippen LogP contribution in [0, 0.1) is 3.57 Å². The van der Waals surface area contributed by atoms with E-state index < -0.39 is 17.2 Å². The summed E-state index contributed by atoms with van der Waals surface area (Å²) < 4.78 is 33.4. The third kappa shape index (κ3) is 6.19. The molecule has 35 heavy (non-hydrogen) atoms. The fraction of sp³-hybridized carbons (Fsp3) is 0.0870. The number of halogens is 3. The first-order chi connectivity index (χ1) is 16.8. The zero-order valence-electron chi connectivity index (χ0n) is 17.8. The molecule has 0 spiro atoms. The van der Waals surface area contributed by atoms with E-state index in [1.807, 2.05) is 30.3 Å². The molecule has 12 heteroatoms. The van der Waals surface area contributed by atoms with Crippen molar-refractivity contribution in [1.82, 2.24) is 14.1 Å². The maximum Gasteiger partial charge on any atom is 0.268 e. The minimum atomic E-state index is -2.52. The van der Waals surface area contributed by atoms with Gasteiger partial charge in [-0.25, -0.2) is 8.51 Å². The third-order valence-electron chi connectivity index (χ3n) is 5.01. The average molecular weight is 659 g/mol. The fourth-order valence-electron chi connectivity index (χ4n) is 3.36. The molecule has 180 valence electrons. The van der Waals surface area contributed by atoms with E-state index in [1.54, 1.807) is 36.4 Å². The maximum atomic E-state index is 13.2. The van der Waals surface area contributed by atoms with E-state index in [0.29, 0.717) is 27.7 Å². The number of carbonyl (C=O) groups is 1. The van der Waals surface area contributed by atoms with Crippen LogP contribution in [0.2, 0.25) is 10.0 Å². The largest absolute Gasteiger partial charge is 0.348 e. The maximum absolute atomic E-state index is 13.2. The highest BCUT2D eigenvalue weighted by molar-refractivity contribution is 14.1. The van der Waals surface area contributed by atoms with Gasteiger partial charge in [-0.2, -0.15) is 8.75 Å². The van der Waals surface area contributed by atoms with Crippen LogP contribution < -0.4 is 9.62 Å². The van der Waals surface area contributed by atoms with E-state index in [1.165, 1.54) is 0 Å². The predicted molar refractivity (Wildman–Crippen MR) is 149 cm³/mol. The fourth-order valence-corrected chi connectivity index (χ4v) is 5.58. The Bertz CT molecular complexity index is 1370. The molecular weight excluding hydrogens is 642 g/mol. The van der Waals surface area contributed by atoms with Gasteiger partial charge < -0.3 is 5.32 Å². The summed E-state index contributed by atoms with van der Waals surface area (Å²) in [7, 11) is 0. The minimum absolute atomic E-state index is 0.0858. The molecule has 0 fully saturated rings. The molecule has 7 nitrogen and oxygen atoms in total. The molecular formula is C23H17Cl2IN4O3S2. The number of nitrogens with one attached hydrogen (secondary N) is 1. The number of hydrogen-bond acceptors (Lipinski definition) is 5. The van der Waals surface area contributed by atoms with Gasteiger partial charge in [0, 0.05) is 32.1 Å². The van der Waals surface area contributed by atoms with E-state index in [4.69, 9.17) is 23.2 Å². The molecule has 4 aromatic rings. The van der Waals surface area contributed by atoms with Gasteiger partial charge in [0.2, 0.25) is 0 Å². The predicted octanol–water partition coefficient (Wildman–Crippen LogP) is 6.25. The lowest BCUT2D eigenvalue weighted by Gasteiger charge is -2.21. The van der Waals surface area contributed by atoms with Gasteiger partial charge in [0.05, 0.1) is 23.0 Å². The van der Waals surface area contributed by atoms with Crippen molar-refractivity contribution in [2.75, 3.05) is 4.31 Å². The van der Waals surface area contributed by atoms with Crippen molar-refractivity contribution in [1.29, 1.82) is 0 Å². The highest BCUT2D eigenvalue weighted by Gasteiger charge is 2.27. The number of hydrogen-bond donors (Lipinski definition) is 2. The topological polar surface area (TPSA) is 95.4 Å². The summed E-state index contributed by atoms with van der Waals surface area (Å²) in [6, 6.07) is 19.7. The number of amides is 1. The summed E-state index contributed by atoms with van der Waals surface area (Å²) >= 11 is 12.9. The number of carbonyl (C=O) groups excluding carboxylic acids is 1. The van der Waals surface area contributed by atoms with Crippen molar-refractivity contribution in [3.05, 3.63) is 103 Å². The number of aromatic nitrogens is 2. The van der Waals surface area contributed by atoms with Crippen LogP contribution in [0.5, 0.6) is 0 Å². The van der Waals surface area contributed by atoms with E-state index >= 15 is 0 Å². The Morgan fingerprint density at radius 2 is 1.77 bits per heavy atom. The van der Waals surface area contributed by atoms with Crippen molar-refractivity contribution in [2.24, 2.45) is 0 Å². The van der Waals surface area contributed by atoms with E-state index in [-0.39, 0.29) is 23.6 Å². The molecule has 0 saturated carbocycles. The summed E-state index contributed by atoms with van der Waals surface area (Å²) in [4.78, 5) is 13.2. The Morgan fingerprint density at radius 3 is 2.46 bits per heavy atom. The molecule has 1 atom stereocenters. The van der Waals surface area contributed by atoms with Crippen molar-refractivity contribution >= 4 is 86.2 Å². The Kier molecular flexibility index (Phi) is 8.73. The quantitative estimate of drug-likeness (QED) is 0.173. The second-order valence-corrected chi connectivity index (χ2v) is 10.7. The second-order valence-electron chi connectivity index (χ2n) is 7.27. The van der Waals surface area contributed by atoms with E-state index in [9.17, 15) is 13.6 Å². The Labute approximate surface area is 232 Å². The van der Waals surface area contributed by atoms with Gasteiger partial charge in [-0.1, -0.05) is 59.6 Å². The van der Waals surface area contributed by atoms with E-state index in [2.05, 4.69) is 36.7 Å². The van der Waals surface area contributed by atoms with Crippen LogP contribution in [-0.2, 0) is 24.2 Å². The lowest BCUT2D eigenvalue weighted by molar-refractivity contribution is 0.0951. The molecule has 0 aliphatic rings. The normalized spacial score (nSPS) is 11.8. The summed E-state index contributed by atoms with van der Waals surface area (Å²) in [5, 5.41) is 3.66. The van der Waals surface area contributed by atoms with Gasteiger partial charge in [0.1, 0.15) is 5.69 Å². The molecule has 1 unspecified atom stereocenters. The molecule has 1 amide bonds. The van der Waals surface area contributed by atoms with Crippen LogP contribution in [0.15, 0.2) is 66.7 Å². The third-order valence-corrected chi connectivity index (χ3v) is 7.63. The van der Waals surface area contributed by atoms with Gasteiger partial charge in [-0.3, -0.25) is 9.35 Å². The molecule has 3 aromatic carbocycles. The zero-order chi connectivity index (χ0) is 24.9. The van der Waals surface area contributed by atoms with Crippen LogP contribution >= 0.6 is 57.5 Å². The van der Waals surface area contributed by atoms with E-state index in [0.717, 1.165) is 25.2 Å². The van der Waals surface area contributed by atoms with Gasteiger partial charge >= 0.3 is 0 Å². The zero-order valence-corrected chi connectivity index (χ0v) is 23.1. The smallest absolute Gasteiger partial charge is 0.268 e. The van der Waals surface area contributed by atoms with Crippen molar-refractivity contribution in [2.45, 2.75) is 13.0 Å². The standard InChI is InChI=1S/C23H17Cl2IN4O3S2/c24-18-7-4-8-19(25)17(18)13-27-23(31)16-10-9-15(26)12-21(16)30(35(32)33)22-20(28-34-29-22)11-14-5-2-1-3-6-14/h1-10,12H,11,13H2,(H,27,31)(H,32,33). The Hall–Kier alpha value is -2.09. The highest BCUT2D eigenvalue weighted by atomic mass is 127. The SMILES string of the molecule is O=C(NCc1c(Cl)cccc1Cl)c1ccc(I)cc1N(c1nsnc1Cc1ccccc1)S(=O)O. The molecule has 1 aromatic heterocycles. The van der Waals surface area contributed by atoms with Crippen LogP contribution in [0.25, 0.3) is 0 Å². The van der Waals surface area contributed by atoms with Crippen molar-refractivity contribution in [3.8, 4) is 0 Å². The monoisotopic (exact) mass is 658 g/mol. The molecule has 0 saturated heterocycles. The van der Waals surface area contributed by atoms with Gasteiger partial charge in [0.25, 0.3) is 17.2 Å². The number of nitrogens with zero attached hydrogens (tertiary/aromatic N) is 3. The molecule has 2 N–H and O–H groups in total. The first-order valence-electron chi connectivity index (χ1n) is 10.1. The molecule has 4 rings (SSSR count). The second kappa shape index (κ2) is 11.8. The summed E-state index contributed by atoms with van der Waals surface area (Å²) in [5.41, 5.74) is 2.49. The number of anilines is 2. The molecule has 0 bridgehead atoms. The average Bonchev–Trinajstić information content (AvgIpc) is 3.26. The molecule has 1 heterocycles. The Morgan fingerprint density at radius 1 is 1.06 bits per heavy atom. The van der Waals surface area contributed by atoms with Crippen LogP contribution in [0.4, 0.5) is 11.5 Å². The number of benzene rings is 3. The van der Waals surface area contributed by atoms with Crippen molar-refractivity contribution < 1.29 is 13.6 Å². The lowest BCUT2D eigenvalue weighted by atomic mass is 10.1. The van der Waals surface area contributed by atoms with Crippen LogP contribution in [-0.4, -0.2) is 23.4 Å². The molecule has 0 aliphatic heterocycles. The molecule has 0 aliphatic carbocycles. The van der Waals surface area contributed by atoms with Gasteiger partial charge in [-0.05, 0) is 58.5 Å². The first kappa shape index (κ1) is 26.0. The van der Waals surface area contributed by atoms with Gasteiger partial charge in [-0.15, -0.1) is 0 Å². The summed E-state index contributed by atoms with van der Waals surface area (Å²) in [6.07, 6.45) is 0.414. The highest BCUT2D eigenvalue weighted by Crippen LogP contribution is 2.34. The van der Waals surface area contributed by atoms with Gasteiger partial charge in [0.15, 0.2) is 5.82 Å². The lowest BCUT2D eigenvalue weighted by Crippen LogP contribution is -2.28. The number of rotatable bonds is 8.